The van der Waals surface area contributed by atoms with E-state index in [9.17, 15) is 4.39 Å². The molecular formula is C15H17BrFN3O. The van der Waals surface area contributed by atoms with Crippen LogP contribution in [0.5, 0.6) is 0 Å². The molecule has 0 amide bonds. The van der Waals surface area contributed by atoms with E-state index >= 15 is 0 Å². The van der Waals surface area contributed by atoms with Gasteiger partial charge < -0.3 is 9.84 Å². The lowest BCUT2D eigenvalue weighted by molar-refractivity contribution is 0.270. The Morgan fingerprint density at radius 3 is 2.95 bits per heavy atom. The first-order chi connectivity index (χ1) is 10.2. The molecule has 1 fully saturated rings. The van der Waals surface area contributed by atoms with Crippen LogP contribution in [-0.2, 0) is 0 Å². The predicted octanol–water partition coefficient (Wildman–Crippen LogP) is 3.88. The number of aromatic nitrogens is 2. The Morgan fingerprint density at radius 2 is 2.14 bits per heavy atom. The number of hydrogen-bond acceptors (Lipinski definition) is 4. The Morgan fingerprint density at radius 1 is 1.33 bits per heavy atom. The lowest BCUT2D eigenvalue weighted by atomic mass is 9.84. The zero-order valence-electron chi connectivity index (χ0n) is 11.8. The fourth-order valence-electron chi connectivity index (χ4n) is 2.94. The summed E-state index contributed by atoms with van der Waals surface area (Å²) in [5, 5.41) is 7.35. The average molecular weight is 354 g/mol. The highest BCUT2D eigenvalue weighted by Crippen LogP contribution is 2.34. The van der Waals surface area contributed by atoms with Gasteiger partial charge in [0.15, 0.2) is 0 Å². The summed E-state index contributed by atoms with van der Waals surface area (Å²) in [7, 11) is 1.96. The van der Waals surface area contributed by atoms with Crippen molar-refractivity contribution < 1.29 is 8.91 Å². The molecule has 0 aliphatic heterocycles. The molecule has 1 aliphatic rings. The third kappa shape index (κ3) is 3.01. The Kier molecular flexibility index (Phi) is 4.35. The van der Waals surface area contributed by atoms with E-state index in [4.69, 9.17) is 4.52 Å². The van der Waals surface area contributed by atoms with Crippen LogP contribution in [0.3, 0.4) is 0 Å². The molecule has 2 aromatic rings. The van der Waals surface area contributed by atoms with Crippen LogP contribution >= 0.6 is 15.9 Å². The maximum Gasteiger partial charge on any atom is 0.231 e. The molecule has 1 N–H and O–H groups in total. The van der Waals surface area contributed by atoms with Gasteiger partial charge in [0, 0.05) is 16.1 Å². The van der Waals surface area contributed by atoms with Crippen LogP contribution < -0.4 is 5.32 Å². The first-order valence-electron chi connectivity index (χ1n) is 7.15. The van der Waals surface area contributed by atoms with E-state index in [2.05, 4.69) is 31.4 Å². The molecule has 4 nitrogen and oxygen atoms in total. The second kappa shape index (κ2) is 6.23. The summed E-state index contributed by atoms with van der Waals surface area (Å²) >= 11 is 3.40. The molecule has 1 aromatic carbocycles. The first-order valence-corrected chi connectivity index (χ1v) is 7.94. The van der Waals surface area contributed by atoms with Crippen LogP contribution in [0.4, 0.5) is 4.39 Å². The summed E-state index contributed by atoms with van der Waals surface area (Å²) in [6, 6.07) is 4.82. The molecule has 1 aliphatic carbocycles. The predicted molar refractivity (Wildman–Crippen MR) is 81.4 cm³/mol. The van der Waals surface area contributed by atoms with Gasteiger partial charge in [-0.2, -0.15) is 4.98 Å². The molecule has 6 heteroatoms. The van der Waals surface area contributed by atoms with Crippen LogP contribution in [0.2, 0.25) is 0 Å². The van der Waals surface area contributed by atoms with E-state index in [-0.39, 0.29) is 11.7 Å². The van der Waals surface area contributed by atoms with Crippen molar-refractivity contribution in [3.63, 3.8) is 0 Å². The smallest absolute Gasteiger partial charge is 0.231 e. The average Bonchev–Trinajstić information content (AvgIpc) is 2.99. The molecule has 3 rings (SSSR count). The quantitative estimate of drug-likeness (QED) is 0.909. The Bertz CT molecular complexity index is 631. The van der Waals surface area contributed by atoms with Gasteiger partial charge in [-0.25, -0.2) is 4.39 Å². The summed E-state index contributed by atoms with van der Waals surface area (Å²) < 4.78 is 19.6. The molecule has 2 unspecified atom stereocenters. The van der Waals surface area contributed by atoms with Crippen molar-refractivity contribution in [3.05, 3.63) is 34.4 Å². The van der Waals surface area contributed by atoms with Gasteiger partial charge in [-0.1, -0.05) is 33.9 Å². The molecule has 1 heterocycles. The van der Waals surface area contributed by atoms with Crippen molar-refractivity contribution in [3.8, 4) is 11.4 Å². The van der Waals surface area contributed by atoms with Gasteiger partial charge >= 0.3 is 0 Å². The lowest BCUT2D eigenvalue weighted by Crippen LogP contribution is -2.34. The second-order valence-electron chi connectivity index (χ2n) is 5.37. The van der Waals surface area contributed by atoms with Gasteiger partial charge in [-0.05, 0) is 38.1 Å². The maximum absolute atomic E-state index is 13.4. The van der Waals surface area contributed by atoms with Crippen molar-refractivity contribution in [2.24, 2.45) is 0 Å². The van der Waals surface area contributed by atoms with Gasteiger partial charge in [0.1, 0.15) is 5.82 Å². The summed E-state index contributed by atoms with van der Waals surface area (Å²) in [5.41, 5.74) is 0.613. The standard InChI is InChI=1S/C15H17BrFN3O/c1-18-13-5-3-2-4-10(13)15-19-14(20-21-15)11-8-9(17)6-7-12(11)16/h6-8,10,13,18H,2-5H2,1H3. The van der Waals surface area contributed by atoms with Gasteiger partial charge in [-0.15, -0.1) is 0 Å². The minimum absolute atomic E-state index is 0.234. The van der Waals surface area contributed by atoms with Crippen LogP contribution in [0.1, 0.15) is 37.5 Å². The summed E-state index contributed by atoms with van der Waals surface area (Å²) in [4.78, 5) is 4.49. The van der Waals surface area contributed by atoms with Crippen molar-refractivity contribution in [1.29, 1.82) is 0 Å². The van der Waals surface area contributed by atoms with Crippen LogP contribution in [-0.4, -0.2) is 23.2 Å². The van der Waals surface area contributed by atoms with E-state index in [0.29, 0.717) is 23.3 Å². The second-order valence-corrected chi connectivity index (χ2v) is 6.22. The third-order valence-corrected chi connectivity index (χ3v) is 4.76. The van der Waals surface area contributed by atoms with Crippen LogP contribution in [0.25, 0.3) is 11.4 Å². The molecule has 0 radical (unpaired) electrons. The van der Waals surface area contributed by atoms with E-state index in [1.54, 1.807) is 6.07 Å². The van der Waals surface area contributed by atoms with Gasteiger partial charge in [-0.3, -0.25) is 0 Å². The number of benzene rings is 1. The van der Waals surface area contributed by atoms with Crippen molar-refractivity contribution in [2.75, 3.05) is 7.05 Å². The van der Waals surface area contributed by atoms with Crippen LogP contribution in [0, 0.1) is 5.82 Å². The molecule has 2 atom stereocenters. The first kappa shape index (κ1) is 14.7. The van der Waals surface area contributed by atoms with Crippen molar-refractivity contribution >= 4 is 15.9 Å². The summed E-state index contributed by atoms with van der Waals surface area (Å²) in [6.07, 6.45) is 4.54. The Labute approximate surface area is 131 Å². The van der Waals surface area contributed by atoms with E-state index in [1.165, 1.54) is 25.0 Å². The number of halogens is 2. The SMILES string of the molecule is CNC1CCCCC1c1nc(-c2cc(F)ccc2Br)no1. The fourth-order valence-corrected chi connectivity index (χ4v) is 3.36. The Balaban J connectivity index is 1.90. The van der Waals surface area contributed by atoms with Gasteiger partial charge in [0.25, 0.3) is 0 Å². The van der Waals surface area contributed by atoms with E-state index in [0.717, 1.165) is 17.3 Å². The molecule has 0 spiro atoms. The molecule has 0 bridgehead atoms. The molecule has 112 valence electrons. The summed E-state index contributed by atoms with van der Waals surface area (Å²) in [5.74, 6) is 0.986. The van der Waals surface area contributed by atoms with E-state index < -0.39 is 0 Å². The zero-order valence-corrected chi connectivity index (χ0v) is 13.4. The number of nitrogens with zero attached hydrogens (tertiary/aromatic N) is 2. The molecule has 1 aromatic heterocycles. The third-order valence-electron chi connectivity index (χ3n) is 4.06. The normalized spacial score (nSPS) is 22.4. The minimum Gasteiger partial charge on any atom is -0.339 e. The summed E-state index contributed by atoms with van der Waals surface area (Å²) in [6.45, 7) is 0. The number of rotatable bonds is 3. The fraction of sp³-hybridized carbons (Fsp3) is 0.467. The zero-order chi connectivity index (χ0) is 14.8. The molecule has 0 saturated heterocycles. The van der Waals surface area contributed by atoms with Gasteiger partial charge in [0.05, 0.1) is 5.92 Å². The lowest BCUT2D eigenvalue weighted by Gasteiger charge is -2.28. The highest BCUT2D eigenvalue weighted by Gasteiger charge is 2.30. The van der Waals surface area contributed by atoms with E-state index in [1.807, 2.05) is 7.05 Å². The van der Waals surface area contributed by atoms with Crippen molar-refractivity contribution in [2.45, 2.75) is 37.6 Å². The highest BCUT2D eigenvalue weighted by atomic mass is 79.9. The van der Waals surface area contributed by atoms with Gasteiger partial charge in [0.2, 0.25) is 11.7 Å². The largest absolute Gasteiger partial charge is 0.339 e. The van der Waals surface area contributed by atoms with Crippen molar-refractivity contribution in [1.82, 2.24) is 15.5 Å². The number of hydrogen-bond donors (Lipinski definition) is 1. The highest BCUT2D eigenvalue weighted by molar-refractivity contribution is 9.10. The molecular weight excluding hydrogens is 337 g/mol. The Hall–Kier alpha value is -1.27. The monoisotopic (exact) mass is 353 g/mol. The molecule has 21 heavy (non-hydrogen) atoms. The maximum atomic E-state index is 13.4. The number of likely N-dealkylation sites (N-methyl/N-ethyl adjacent to an activating group) is 1. The topological polar surface area (TPSA) is 51.0 Å². The van der Waals surface area contributed by atoms with Crippen LogP contribution in [0.15, 0.2) is 27.2 Å². The molecule has 1 saturated carbocycles. The minimum atomic E-state index is -0.315. The number of nitrogens with one attached hydrogen (secondary N) is 1.